The molecule has 0 amide bonds. The van der Waals surface area contributed by atoms with Crippen LogP contribution in [0.5, 0.6) is 0 Å². The molecule has 0 aliphatic rings. The molecule has 0 bridgehead atoms. The van der Waals surface area contributed by atoms with Gasteiger partial charge in [0.2, 0.25) is 0 Å². The van der Waals surface area contributed by atoms with Gasteiger partial charge in [-0.1, -0.05) is 29.8 Å². The molecule has 0 saturated heterocycles. The van der Waals surface area contributed by atoms with Gasteiger partial charge in [-0.05, 0) is 59.0 Å². The molecule has 0 heterocycles. The van der Waals surface area contributed by atoms with Gasteiger partial charge in [0.15, 0.2) is 0 Å². The molecule has 3 nitrogen and oxygen atoms in total. The third kappa shape index (κ3) is 5.18. The van der Waals surface area contributed by atoms with E-state index in [-0.39, 0.29) is 0 Å². The maximum atomic E-state index is 6.34. The highest BCUT2D eigenvalue weighted by molar-refractivity contribution is 14.1. The van der Waals surface area contributed by atoms with Crippen molar-refractivity contribution < 1.29 is 0 Å². The zero-order valence-corrected chi connectivity index (χ0v) is 15.5. The van der Waals surface area contributed by atoms with Crippen LogP contribution in [0.3, 0.4) is 0 Å². The Morgan fingerprint density at radius 2 is 1.78 bits per heavy atom. The highest BCUT2D eigenvalue weighted by atomic mass is 127. The van der Waals surface area contributed by atoms with Crippen molar-refractivity contribution in [3.8, 4) is 0 Å². The van der Waals surface area contributed by atoms with E-state index < -0.39 is 0 Å². The summed E-state index contributed by atoms with van der Waals surface area (Å²) in [6, 6.07) is 13.6. The van der Waals surface area contributed by atoms with E-state index in [4.69, 9.17) is 11.6 Å². The van der Waals surface area contributed by atoms with Crippen LogP contribution in [0.4, 0.5) is 17.1 Å². The van der Waals surface area contributed by atoms with Crippen molar-refractivity contribution >= 4 is 51.3 Å². The molecule has 2 aromatic rings. The standard InChI is InChI=1S/C18H17ClIN3/c1-3-10-23(11-4-2)16-8-9-18(17(19)13-16)22-21-15-7-5-6-14(20)12-15/h3-9,12-13H,1-2,10-11H2. The maximum Gasteiger partial charge on any atom is 0.104 e. The number of nitrogens with zero attached hydrogens (tertiary/aromatic N) is 3. The van der Waals surface area contributed by atoms with Crippen LogP contribution in [0, 0.1) is 3.57 Å². The molecule has 0 aliphatic carbocycles. The van der Waals surface area contributed by atoms with E-state index >= 15 is 0 Å². The fourth-order valence-corrected chi connectivity index (χ4v) is 2.76. The van der Waals surface area contributed by atoms with Crippen molar-refractivity contribution in [3.05, 3.63) is 76.4 Å². The van der Waals surface area contributed by atoms with Gasteiger partial charge in [0.25, 0.3) is 0 Å². The molecule has 0 aromatic heterocycles. The van der Waals surface area contributed by atoms with Crippen LogP contribution < -0.4 is 4.90 Å². The normalized spacial score (nSPS) is 10.7. The first-order valence-corrected chi connectivity index (χ1v) is 8.53. The summed E-state index contributed by atoms with van der Waals surface area (Å²) in [6.45, 7) is 9.01. The summed E-state index contributed by atoms with van der Waals surface area (Å²) in [7, 11) is 0. The average Bonchev–Trinajstić information content (AvgIpc) is 2.53. The second-order valence-corrected chi connectivity index (χ2v) is 6.45. The minimum Gasteiger partial charge on any atom is -0.364 e. The van der Waals surface area contributed by atoms with Gasteiger partial charge >= 0.3 is 0 Å². The molecule has 0 radical (unpaired) electrons. The van der Waals surface area contributed by atoms with Gasteiger partial charge in [0.1, 0.15) is 5.69 Å². The Balaban J connectivity index is 2.21. The second kappa shape index (κ2) is 8.84. The SMILES string of the molecule is C=CCN(CC=C)c1ccc(N=Nc2cccc(I)c2)c(Cl)c1. The summed E-state index contributed by atoms with van der Waals surface area (Å²) in [5, 5.41) is 9.04. The van der Waals surface area contributed by atoms with Gasteiger partial charge in [0.05, 0.1) is 10.7 Å². The van der Waals surface area contributed by atoms with Crippen molar-refractivity contribution in [3.63, 3.8) is 0 Å². The molecule has 0 atom stereocenters. The summed E-state index contributed by atoms with van der Waals surface area (Å²) in [5.74, 6) is 0. The molecule has 118 valence electrons. The Morgan fingerprint density at radius 1 is 1.04 bits per heavy atom. The van der Waals surface area contributed by atoms with Crippen molar-refractivity contribution in [2.24, 2.45) is 10.2 Å². The highest BCUT2D eigenvalue weighted by Gasteiger charge is 2.06. The summed E-state index contributed by atoms with van der Waals surface area (Å²) in [6.07, 6.45) is 3.70. The summed E-state index contributed by atoms with van der Waals surface area (Å²) in [4.78, 5) is 2.12. The number of azo groups is 1. The molecule has 0 spiro atoms. The van der Waals surface area contributed by atoms with Crippen LogP contribution in [0.1, 0.15) is 0 Å². The van der Waals surface area contributed by atoms with Gasteiger partial charge in [-0.15, -0.1) is 18.3 Å². The smallest absolute Gasteiger partial charge is 0.104 e. The van der Waals surface area contributed by atoms with E-state index in [0.717, 1.165) is 28.0 Å². The van der Waals surface area contributed by atoms with Crippen LogP contribution in [0.15, 0.2) is 78.0 Å². The molecule has 0 aliphatic heterocycles. The quantitative estimate of drug-likeness (QED) is 0.275. The predicted octanol–water partition coefficient (Wildman–Crippen LogP) is 6.54. The lowest BCUT2D eigenvalue weighted by atomic mass is 10.2. The molecule has 2 aromatic carbocycles. The fourth-order valence-electron chi connectivity index (χ4n) is 2.02. The van der Waals surface area contributed by atoms with E-state index in [9.17, 15) is 0 Å². The number of rotatable bonds is 7. The number of anilines is 1. The fraction of sp³-hybridized carbons (Fsp3) is 0.111. The lowest BCUT2D eigenvalue weighted by Crippen LogP contribution is -2.22. The van der Waals surface area contributed by atoms with Gasteiger partial charge in [-0.3, -0.25) is 0 Å². The molecule has 0 unspecified atom stereocenters. The number of halogens is 2. The second-order valence-electron chi connectivity index (χ2n) is 4.80. The minimum absolute atomic E-state index is 0.565. The Labute approximate surface area is 155 Å². The van der Waals surface area contributed by atoms with Gasteiger partial charge in [-0.25, -0.2) is 0 Å². The topological polar surface area (TPSA) is 28.0 Å². The van der Waals surface area contributed by atoms with Crippen LogP contribution in [-0.2, 0) is 0 Å². The number of hydrogen-bond acceptors (Lipinski definition) is 3. The first-order chi connectivity index (χ1) is 11.1. The van der Waals surface area contributed by atoms with Crippen LogP contribution in [0.25, 0.3) is 0 Å². The lowest BCUT2D eigenvalue weighted by Gasteiger charge is -2.21. The molecule has 2 rings (SSSR count). The third-order valence-corrected chi connectivity index (χ3v) is 4.05. The number of hydrogen-bond donors (Lipinski definition) is 0. The maximum absolute atomic E-state index is 6.34. The molecule has 0 saturated carbocycles. The molecule has 0 N–H and O–H groups in total. The molecule has 5 heteroatoms. The van der Waals surface area contributed by atoms with Crippen molar-refractivity contribution in [2.75, 3.05) is 18.0 Å². The summed E-state index contributed by atoms with van der Waals surface area (Å²) in [5.41, 5.74) is 2.45. The summed E-state index contributed by atoms with van der Waals surface area (Å²) < 4.78 is 1.12. The Morgan fingerprint density at radius 3 is 2.39 bits per heavy atom. The first-order valence-electron chi connectivity index (χ1n) is 7.07. The monoisotopic (exact) mass is 437 g/mol. The minimum atomic E-state index is 0.565. The molecule has 0 fully saturated rings. The first kappa shape index (κ1) is 17.7. The zero-order valence-electron chi connectivity index (χ0n) is 12.6. The average molecular weight is 438 g/mol. The zero-order chi connectivity index (χ0) is 16.7. The highest BCUT2D eigenvalue weighted by Crippen LogP contribution is 2.31. The van der Waals surface area contributed by atoms with Crippen LogP contribution in [0.2, 0.25) is 5.02 Å². The van der Waals surface area contributed by atoms with Crippen LogP contribution in [-0.4, -0.2) is 13.1 Å². The van der Waals surface area contributed by atoms with Crippen molar-refractivity contribution in [1.82, 2.24) is 0 Å². The lowest BCUT2D eigenvalue weighted by molar-refractivity contribution is 0.957. The Hall–Kier alpha value is -1.66. The van der Waals surface area contributed by atoms with Crippen molar-refractivity contribution in [1.29, 1.82) is 0 Å². The van der Waals surface area contributed by atoms with Crippen molar-refractivity contribution in [2.45, 2.75) is 0 Å². The van der Waals surface area contributed by atoms with Gasteiger partial charge in [0, 0.05) is 22.3 Å². The Kier molecular flexibility index (Phi) is 6.80. The summed E-state index contributed by atoms with van der Waals surface area (Å²) >= 11 is 8.58. The van der Waals surface area contributed by atoms with E-state index in [1.165, 1.54) is 0 Å². The Bertz CT molecular complexity index is 718. The molecular formula is C18H17ClIN3. The van der Waals surface area contributed by atoms with E-state index in [2.05, 4.69) is 50.9 Å². The molecular weight excluding hydrogens is 421 g/mol. The third-order valence-electron chi connectivity index (χ3n) is 3.08. The largest absolute Gasteiger partial charge is 0.364 e. The van der Waals surface area contributed by atoms with Gasteiger partial charge in [-0.2, -0.15) is 5.11 Å². The van der Waals surface area contributed by atoms with E-state index in [1.54, 1.807) is 0 Å². The van der Waals surface area contributed by atoms with Gasteiger partial charge < -0.3 is 4.90 Å². The van der Waals surface area contributed by atoms with E-state index in [0.29, 0.717) is 10.7 Å². The predicted molar refractivity (Wildman–Crippen MR) is 107 cm³/mol. The number of benzene rings is 2. The molecule has 23 heavy (non-hydrogen) atoms. The van der Waals surface area contributed by atoms with Crippen LogP contribution >= 0.6 is 34.2 Å². The van der Waals surface area contributed by atoms with E-state index in [1.807, 2.05) is 54.6 Å².